The summed E-state index contributed by atoms with van der Waals surface area (Å²) < 4.78 is 0. The zero-order chi connectivity index (χ0) is 30.5. The molecule has 1 N–H and O–H groups in total. The van der Waals surface area contributed by atoms with Gasteiger partial charge in [0.1, 0.15) is 11.1 Å². The number of benzene rings is 4. The van der Waals surface area contributed by atoms with Gasteiger partial charge in [-0.15, -0.1) is 0 Å². The molecule has 0 bridgehead atoms. The summed E-state index contributed by atoms with van der Waals surface area (Å²) in [6.45, 7) is 2.19. The Bertz CT molecular complexity index is 1720. The van der Waals surface area contributed by atoms with E-state index in [2.05, 4.69) is 59.6 Å². The number of carbonyl (C=O) groups excluding carboxylic acids is 2. The van der Waals surface area contributed by atoms with Gasteiger partial charge in [-0.3, -0.25) is 9.80 Å². The molecule has 44 heavy (non-hydrogen) atoms. The van der Waals surface area contributed by atoms with Crippen LogP contribution in [0.25, 0.3) is 5.70 Å². The number of carbonyl (C=O) groups is 2. The van der Waals surface area contributed by atoms with E-state index in [4.69, 9.17) is 0 Å². The predicted molar refractivity (Wildman–Crippen MR) is 177 cm³/mol. The van der Waals surface area contributed by atoms with E-state index in [1.807, 2.05) is 121 Å². The average molecular weight is 601 g/mol. The van der Waals surface area contributed by atoms with Crippen molar-refractivity contribution < 1.29 is 9.59 Å². The maximum atomic E-state index is 14.5. The summed E-state index contributed by atoms with van der Waals surface area (Å²) in [6.07, 6.45) is 3.18. The zero-order valence-electron chi connectivity index (χ0n) is 25.2. The van der Waals surface area contributed by atoms with Gasteiger partial charge in [-0.1, -0.05) is 128 Å². The van der Waals surface area contributed by atoms with Gasteiger partial charge < -0.3 is 10.2 Å². The molecule has 7 rings (SSSR count). The lowest BCUT2D eigenvalue weighted by Crippen LogP contribution is -2.98. The number of nitrogens with one attached hydrogen (secondary N) is 1. The molecule has 2 saturated heterocycles. The minimum absolute atomic E-state index is 0.0598. The highest BCUT2D eigenvalue weighted by Gasteiger charge is 2.87. The molecule has 3 aliphatic rings. The quantitative estimate of drug-likeness (QED) is 0.232. The van der Waals surface area contributed by atoms with E-state index < -0.39 is 16.7 Å². The molecule has 222 valence electrons. The van der Waals surface area contributed by atoms with Gasteiger partial charge >= 0.3 is 12.1 Å². The van der Waals surface area contributed by atoms with Crippen LogP contribution in [-0.4, -0.2) is 51.9 Å². The summed E-state index contributed by atoms with van der Waals surface area (Å²) in [6, 6.07) is 40.6. The van der Waals surface area contributed by atoms with Crippen molar-refractivity contribution in [1.82, 2.24) is 20.0 Å². The maximum Gasteiger partial charge on any atom is 0.325 e. The van der Waals surface area contributed by atoms with Crippen LogP contribution in [0.1, 0.15) is 35.6 Å². The van der Waals surface area contributed by atoms with Crippen molar-refractivity contribution in [3.8, 4) is 0 Å². The van der Waals surface area contributed by atoms with Gasteiger partial charge in [0.05, 0.1) is 5.25 Å². The molecule has 0 aromatic heterocycles. The lowest BCUT2D eigenvalue weighted by molar-refractivity contribution is -0.274. The Labute approximate surface area is 263 Å². The van der Waals surface area contributed by atoms with Gasteiger partial charge in [0, 0.05) is 19.8 Å². The van der Waals surface area contributed by atoms with Crippen molar-refractivity contribution in [2.45, 2.75) is 35.3 Å². The van der Waals surface area contributed by atoms with Gasteiger partial charge in [-0.05, 0) is 40.5 Å². The molecule has 4 aromatic rings. The van der Waals surface area contributed by atoms with Crippen LogP contribution in [0.5, 0.6) is 0 Å². The Kier molecular flexibility index (Phi) is 6.81. The fourth-order valence-corrected chi connectivity index (χ4v) is 9.59. The fourth-order valence-electron chi connectivity index (χ4n) is 7.82. The molecular weight excluding hydrogens is 565 g/mol. The molecule has 2 fully saturated rings. The molecular formula is C37H36N4O2S. The summed E-state index contributed by atoms with van der Waals surface area (Å²) in [5.74, 6) is 0.903. The second-order valence-electron chi connectivity index (χ2n) is 11.7. The molecule has 3 aliphatic heterocycles. The SMILES string of the molecule is CCCSC1C2(c3ccccc3)N(C)C(=O)N2C1(c1ccccc1)C1(c2ccccc2)C=C(c2ccccc2)NC(=O)N1C. The monoisotopic (exact) mass is 600 g/mol. The van der Waals surface area contributed by atoms with Crippen LogP contribution in [-0.2, 0) is 16.7 Å². The van der Waals surface area contributed by atoms with Crippen molar-refractivity contribution in [2.24, 2.45) is 0 Å². The first-order valence-corrected chi connectivity index (χ1v) is 16.2. The van der Waals surface area contributed by atoms with Crippen LogP contribution in [0.4, 0.5) is 9.59 Å². The van der Waals surface area contributed by atoms with Gasteiger partial charge in [0.25, 0.3) is 0 Å². The smallest absolute Gasteiger partial charge is 0.311 e. The molecule has 0 saturated carbocycles. The van der Waals surface area contributed by atoms with Crippen LogP contribution in [0, 0.1) is 0 Å². The summed E-state index contributed by atoms with van der Waals surface area (Å²) in [4.78, 5) is 34.5. The van der Waals surface area contributed by atoms with E-state index >= 15 is 0 Å². The summed E-state index contributed by atoms with van der Waals surface area (Å²) in [5, 5.41) is 3.03. The topological polar surface area (TPSA) is 55.9 Å². The van der Waals surface area contributed by atoms with E-state index in [-0.39, 0.29) is 17.3 Å². The molecule has 4 amide bonds. The van der Waals surface area contributed by atoms with Crippen LogP contribution in [0.3, 0.4) is 0 Å². The number of urea groups is 2. The van der Waals surface area contributed by atoms with Gasteiger partial charge in [0.15, 0.2) is 5.66 Å². The maximum absolute atomic E-state index is 14.5. The van der Waals surface area contributed by atoms with Crippen molar-refractivity contribution in [2.75, 3.05) is 19.8 Å². The highest BCUT2D eigenvalue weighted by Crippen LogP contribution is 2.74. The number of thioether (sulfide) groups is 1. The highest BCUT2D eigenvalue weighted by molar-refractivity contribution is 8.00. The summed E-state index contributed by atoms with van der Waals surface area (Å²) in [7, 11) is 3.78. The third kappa shape index (κ3) is 3.50. The molecule has 4 atom stereocenters. The number of nitrogens with zero attached hydrogens (tertiary/aromatic N) is 3. The summed E-state index contributed by atoms with van der Waals surface area (Å²) >= 11 is 1.89. The first-order chi connectivity index (χ1) is 21.5. The molecule has 4 unspecified atom stereocenters. The van der Waals surface area contributed by atoms with Gasteiger partial charge in [-0.25, -0.2) is 9.59 Å². The van der Waals surface area contributed by atoms with Crippen LogP contribution >= 0.6 is 11.8 Å². The number of amides is 4. The molecule has 3 heterocycles. The van der Waals surface area contributed by atoms with Crippen molar-refractivity contribution in [3.05, 3.63) is 150 Å². The third-order valence-corrected chi connectivity index (χ3v) is 11.3. The van der Waals surface area contributed by atoms with E-state index in [0.717, 1.165) is 40.1 Å². The number of hydrogen-bond acceptors (Lipinski definition) is 3. The van der Waals surface area contributed by atoms with Crippen LogP contribution in [0.2, 0.25) is 0 Å². The minimum atomic E-state index is -1.07. The lowest BCUT2D eigenvalue weighted by atomic mass is 9.52. The molecule has 0 aliphatic carbocycles. The Morgan fingerprint density at radius 2 is 1.23 bits per heavy atom. The standard InChI is InChI=1S/C37H36N4O2S/c1-4-25-44-32-36(29-21-13-7-14-22-29,41-34(43)40(3)37(32,41)30-23-15-8-16-24-30)35(28-19-11-6-12-20-28)26-31(38-33(42)39(35)2)27-17-9-5-10-18-27/h5-24,26,32H,4,25H2,1-3H3,(H,38,42). The van der Waals surface area contributed by atoms with Crippen molar-refractivity contribution >= 4 is 29.5 Å². The van der Waals surface area contributed by atoms with Crippen molar-refractivity contribution in [3.63, 3.8) is 0 Å². The number of fused-ring (bicyclic) bond motifs is 1. The second-order valence-corrected chi connectivity index (χ2v) is 12.9. The fraction of sp³-hybridized carbons (Fsp3) is 0.243. The highest BCUT2D eigenvalue weighted by atomic mass is 32.2. The van der Waals surface area contributed by atoms with Gasteiger partial charge in [-0.2, -0.15) is 11.8 Å². The van der Waals surface area contributed by atoms with Crippen LogP contribution in [0.15, 0.2) is 127 Å². The molecule has 6 nitrogen and oxygen atoms in total. The molecule has 7 heteroatoms. The molecule has 4 aromatic carbocycles. The number of hydrogen-bond donors (Lipinski definition) is 1. The largest absolute Gasteiger partial charge is 0.325 e. The third-order valence-electron chi connectivity index (χ3n) is 9.64. The first kappa shape index (κ1) is 28.3. The average Bonchev–Trinajstić information content (AvgIpc) is 3.08. The Balaban J connectivity index is 1.62. The van der Waals surface area contributed by atoms with E-state index in [0.29, 0.717) is 0 Å². The van der Waals surface area contributed by atoms with E-state index in [1.165, 1.54) is 0 Å². The predicted octanol–water partition coefficient (Wildman–Crippen LogP) is 7.22. The van der Waals surface area contributed by atoms with E-state index in [1.54, 1.807) is 0 Å². The zero-order valence-corrected chi connectivity index (χ0v) is 26.0. The normalized spacial score (nSPS) is 27.6. The van der Waals surface area contributed by atoms with Gasteiger partial charge in [0.2, 0.25) is 0 Å². The number of rotatable bonds is 8. The van der Waals surface area contributed by atoms with Crippen molar-refractivity contribution in [1.29, 1.82) is 0 Å². The van der Waals surface area contributed by atoms with Crippen LogP contribution < -0.4 is 5.32 Å². The second kappa shape index (κ2) is 10.6. The Morgan fingerprint density at radius 1 is 0.705 bits per heavy atom. The van der Waals surface area contributed by atoms with E-state index in [9.17, 15) is 9.59 Å². The minimum Gasteiger partial charge on any atom is -0.311 e. The summed E-state index contributed by atoms with van der Waals surface area (Å²) in [5.41, 5.74) is 1.94. The first-order valence-electron chi connectivity index (χ1n) is 15.1. The molecule has 0 spiro atoms. The lowest BCUT2D eigenvalue weighted by Gasteiger charge is -2.82. The Morgan fingerprint density at radius 3 is 1.80 bits per heavy atom. The number of likely N-dealkylation sites (N-methyl/N-ethyl adjacent to an activating group) is 1. The molecule has 0 radical (unpaired) electrons. The Hall–Kier alpha value is -4.49.